The highest BCUT2D eigenvalue weighted by atomic mass is 79.9. The van der Waals surface area contributed by atoms with E-state index in [2.05, 4.69) is 26.9 Å². The fourth-order valence-corrected chi connectivity index (χ4v) is 2.72. The van der Waals surface area contributed by atoms with Crippen LogP contribution in [0, 0.1) is 0 Å². The van der Waals surface area contributed by atoms with Crippen molar-refractivity contribution in [3.05, 3.63) is 63.1 Å². The van der Waals surface area contributed by atoms with Crippen LogP contribution in [0.4, 0.5) is 5.69 Å². The highest BCUT2D eigenvalue weighted by Gasteiger charge is 2.09. The van der Waals surface area contributed by atoms with Crippen LogP contribution in [-0.4, -0.2) is 12.8 Å². The Morgan fingerprint density at radius 3 is 2.55 bits per heavy atom. The summed E-state index contributed by atoms with van der Waals surface area (Å²) in [6.45, 7) is 2.28. The van der Waals surface area contributed by atoms with Crippen molar-refractivity contribution >= 4 is 39.0 Å². The molecule has 0 fully saturated rings. The van der Waals surface area contributed by atoms with Crippen molar-refractivity contribution in [3.63, 3.8) is 0 Å². The molecule has 0 heterocycles. The predicted molar refractivity (Wildman–Crippen MR) is 87.7 cm³/mol. The molecule has 0 N–H and O–H groups in total. The number of hydrogen-bond acceptors (Lipinski definition) is 2. The highest BCUT2D eigenvalue weighted by molar-refractivity contribution is 9.10. The molecular weight excluding hydrogens is 338 g/mol. The zero-order chi connectivity index (χ0) is 14.7. The summed E-state index contributed by atoms with van der Waals surface area (Å²) < 4.78 is 1.08. The fourth-order valence-electron chi connectivity index (χ4n) is 2.00. The minimum Gasteiger partial charge on any atom is -0.370 e. The molecule has 0 amide bonds. The van der Waals surface area contributed by atoms with Crippen LogP contribution >= 0.6 is 27.5 Å². The van der Waals surface area contributed by atoms with Gasteiger partial charge in [-0.25, -0.2) is 0 Å². The van der Waals surface area contributed by atoms with Gasteiger partial charge >= 0.3 is 0 Å². The molecule has 0 saturated carbocycles. The summed E-state index contributed by atoms with van der Waals surface area (Å²) in [6, 6.07) is 13.6. The fraction of sp³-hybridized carbons (Fsp3) is 0.188. The maximum atomic E-state index is 11.4. The Morgan fingerprint density at radius 1 is 1.25 bits per heavy atom. The van der Waals surface area contributed by atoms with Gasteiger partial charge in [-0.2, -0.15) is 0 Å². The van der Waals surface area contributed by atoms with E-state index in [9.17, 15) is 4.79 Å². The second-order valence-corrected chi connectivity index (χ2v) is 5.93. The van der Waals surface area contributed by atoms with Gasteiger partial charge in [-0.3, -0.25) is 4.79 Å². The van der Waals surface area contributed by atoms with Crippen molar-refractivity contribution in [1.29, 1.82) is 0 Å². The van der Waals surface area contributed by atoms with Gasteiger partial charge in [0.25, 0.3) is 0 Å². The maximum Gasteiger partial charge on any atom is 0.161 e. The molecule has 0 radical (unpaired) electrons. The monoisotopic (exact) mass is 351 g/mol. The number of rotatable bonds is 4. The van der Waals surface area contributed by atoms with E-state index in [0.717, 1.165) is 16.7 Å². The Balaban J connectivity index is 2.22. The van der Waals surface area contributed by atoms with Gasteiger partial charge in [0.05, 0.1) is 5.02 Å². The van der Waals surface area contributed by atoms with Gasteiger partial charge in [-0.1, -0.05) is 45.7 Å². The first-order valence-electron chi connectivity index (χ1n) is 6.24. The van der Waals surface area contributed by atoms with Crippen LogP contribution in [0.15, 0.2) is 46.9 Å². The third kappa shape index (κ3) is 3.41. The molecular formula is C16H15BrClNO. The molecule has 0 aliphatic heterocycles. The first-order chi connectivity index (χ1) is 9.49. The zero-order valence-corrected chi connectivity index (χ0v) is 13.7. The van der Waals surface area contributed by atoms with Crippen LogP contribution in [-0.2, 0) is 6.54 Å². The van der Waals surface area contributed by atoms with E-state index in [1.165, 1.54) is 12.5 Å². The number of anilines is 1. The van der Waals surface area contributed by atoms with Crippen molar-refractivity contribution in [1.82, 2.24) is 0 Å². The van der Waals surface area contributed by atoms with Crippen molar-refractivity contribution in [2.75, 3.05) is 11.9 Å². The minimum atomic E-state index is -0.0185. The molecule has 2 nitrogen and oxygen atoms in total. The van der Waals surface area contributed by atoms with E-state index in [0.29, 0.717) is 10.6 Å². The topological polar surface area (TPSA) is 20.3 Å². The normalized spacial score (nSPS) is 10.4. The summed E-state index contributed by atoms with van der Waals surface area (Å²) in [7, 11) is 2.00. The number of ketones is 1. The molecule has 0 saturated heterocycles. The Hall–Kier alpha value is -1.32. The number of Topliss-reactive ketones (excluding diaryl/α,β-unsaturated/α-hetero) is 1. The lowest BCUT2D eigenvalue weighted by Crippen LogP contribution is -2.16. The Bertz CT molecular complexity index is 642. The zero-order valence-electron chi connectivity index (χ0n) is 11.4. The summed E-state index contributed by atoms with van der Waals surface area (Å²) in [6.07, 6.45) is 0. The summed E-state index contributed by atoms with van der Waals surface area (Å²) >= 11 is 9.69. The third-order valence-corrected chi connectivity index (χ3v) is 4.22. The van der Waals surface area contributed by atoms with Gasteiger partial charge in [0, 0.05) is 29.3 Å². The van der Waals surface area contributed by atoms with Crippen molar-refractivity contribution in [2.24, 2.45) is 0 Å². The van der Waals surface area contributed by atoms with Crippen molar-refractivity contribution in [2.45, 2.75) is 13.5 Å². The number of halogens is 2. The largest absolute Gasteiger partial charge is 0.370 e. The van der Waals surface area contributed by atoms with Crippen LogP contribution < -0.4 is 4.90 Å². The van der Waals surface area contributed by atoms with Crippen LogP contribution in [0.5, 0.6) is 0 Å². The average Bonchev–Trinajstić information content (AvgIpc) is 2.40. The number of hydrogen-bond donors (Lipinski definition) is 0. The molecule has 0 bridgehead atoms. The maximum absolute atomic E-state index is 11.4. The Labute approximate surface area is 132 Å². The standard InChI is InChI=1S/C16H15BrClNO/c1-11(20)14-8-7-13(9-16(14)18)19(2)10-12-5-3-4-6-15(12)17/h3-9H,10H2,1-2H3. The lowest BCUT2D eigenvalue weighted by atomic mass is 10.1. The summed E-state index contributed by atoms with van der Waals surface area (Å²) in [4.78, 5) is 13.5. The molecule has 0 aliphatic rings. The lowest BCUT2D eigenvalue weighted by Gasteiger charge is -2.21. The second kappa shape index (κ2) is 6.42. The predicted octanol–water partition coefficient (Wildman–Crippen LogP) is 4.94. The van der Waals surface area contributed by atoms with Gasteiger partial charge in [0.1, 0.15) is 0 Å². The van der Waals surface area contributed by atoms with Crippen LogP contribution in [0.3, 0.4) is 0 Å². The van der Waals surface area contributed by atoms with Crippen LogP contribution in [0.1, 0.15) is 22.8 Å². The first kappa shape index (κ1) is 15.1. The van der Waals surface area contributed by atoms with E-state index >= 15 is 0 Å². The SMILES string of the molecule is CC(=O)c1ccc(N(C)Cc2ccccc2Br)cc1Cl. The van der Waals surface area contributed by atoms with Gasteiger partial charge < -0.3 is 4.90 Å². The van der Waals surface area contributed by atoms with Gasteiger partial charge in [-0.05, 0) is 36.8 Å². The van der Waals surface area contributed by atoms with E-state index in [1.807, 2.05) is 37.4 Å². The first-order valence-corrected chi connectivity index (χ1v) is 7.41. The molecule has 4 heteroatoms. The molecule has 0 aromatic heterocycles. The molecule has 104 valence electrons. The van der Waals surface area contributed by atoms with E-state index < -0.39 is 0 Å². The Morgan fingerprint density at radius 2 is 1.95 bits per heavy atom. The molecule has 2 aromatic rings. The molecule has 0 aliphatic carbocycles. The van der Waals surface area contributed by atoms with Gasteiger partial charge in [0.15, 0.2) is 5.78 Å². The quantitative estimate of drug-likeness (QED) is 0.726. The number of nitrogens with zero attached hydrogens (tertiary/aromatic N) is 1. The number of carbonyl (C=O) groups excluding carboxylic acids is 1. The average molecular weight is 353 g/mol. The summed E-state index contributed by atoms with van der Waals surface area (Å²) in [5.41, 5.74) is 2.74. The molecule has 0 unspecified atom stereocenters. The van der Waals surface area contributed by atoms with E-state index in [4.69, 9.17) is 11.6 Å². The van der Waals surface area contributed by atoms with Crippen molar-refractivity contribution < 1.29 is 4.79 Å². The van der Waals surface area contributed by atoms with E-state index in [1.54, 1.807) is 6.07 Å². The van der Waals surface area contributed by atoms with Crippen molar-refractivity contribution in [3.8, 4) is 0 Å². The molecule has 0 atom stereocenters. The number of carbonyl (C=O) groups is 1. The summed E-state index contributed by atoms with van der Waals surface area (Å²) in [5, 5.41) is 0.494. The molecule has 20 heavy (non-hydrogen) atoms. The van der Waals surface area contributed by atoms with Gasteiger partial charge in [0.2, 0.25) is 0 Å². The third-order valence-electron chi connectivity index (χ3n) is 3.14. The van der Waals surface area contributed by atoms with Gasteiger partial charge in [-0.15, -0.1) is 0 Å². The highest BCUT2D eigenvalue weighted by Crippen LogP contribution is 2.26. The molecule has 0 spiro atoms. The Kier molecular flexibility index (Phi) is 4.84. The number of benzene rings is 2. The molecule has 2 aromatic carbocycles. The van der Waals surface area contributed by atoms with Crippen LogP contribution in [0.25, 0.3) is 0 Å². The second-order valence-electron chi connectivity index (χ2n) is 4.67. The van der Waals surface area contributed by atoms with Crippen LogP contribution in [0.2, 0.25) is 5.02 Å². The minimum absolute atomic E-state index is 0.0185. The molecule has 2 rings (SSSR count). The lowest BCUT2D eigenvalue weighted by molar-refractivity contribution is 0.101. The smallest absolute Gasteiger partial charge is 0.161 e. The van der Waals surface area contributed by atoms with E-state index in [-0.39, 0.29) is 5.78 Å². The summed E-state index contributed by atoms with van der Waals surface area (Å²) in [5.74, 6) is -0.0185.